The van der Waals surface area contributed by atoms with Gasteiger partial charge in [0.05, 0.1) is 31.6 Å². The molecule has 0 aliphatic carbocycles. The first-order valence-electron chi connectivity index (χ1n) is 5.36. The highest BCUT2D eigenvalue weighted by Crippen LogP contribution is 2.20. The van der Waals surface area contributed by atoms with Crippen LogP contribution in [-0.4, -0.2) is 23.5 Å². The molecule has 2 aromatic heterocycles. The van der Waals surface area contributed by atoms with Gasteiger partial charge in [0.1, 0.15) is 0 Å². The number of nitrogens with zero attached hydrogens (tertiary/aromatic N) is 2. The fourth-order valence-electron chi connectivity index (χ4n) is 1.44. The largest absolute Gasteiger partial charge is 0.398 e. The lowest BCUT2D eigenvalue weighted by molar-refractivity contribution is 0.183. The van der Waals surface area contributed by atoms with Crippen molar-refractivity contribution in [2.24, 2.45) is 0 Å². The fraction of sp³-hybridized carbons (Fsp3) is 0.364. The lowest BCUT2D eigenvalue weighted by Crippen LogP contribution is -2.04. The number of hydrogen-bond acceptors (Lipinski definition) is 5. The Morgan fingerprint density at radius 3 is 3.18 bits per heavy atom. The van der Waals surface area contributed by atoms with Crippen molar-refractivity contribution in [2.75, 3.05) is 24.8 Å². The Bertz CT molecular complexity index is 465. The maximum Gasteiger partial charge on any atom is 0.0729 e. The van der Waals surface area contributed by atoms with E-state index >= 15 is 0 Å². The predicted octanol–water partition coefficient (Wildman–Crippen LogP) is 1.79. The van der Waals surface area contributed by atoms with Gasteiger partial charge in [0.15, 0.2) is 0 Å². The molecule has 2 rings (SSSR count). The Hall–Kier alpha value is -1.53. The van der Waals surface area contributed by atoms with E-state index in [9.17, 15) is 0 Å². The van der Waals surface area contributed by atoms with Crippen molar-refractivity contribution in [1.29, 1.82) is 0 Å². The number of anilines is 2. The Morgan fingerprint density at radius 1 is 1.59 bits per heavy atom. The molecule has 0 aliphatic rings. The van der Waals surface area contributed by atoms with E-state index in [-0.39, 0.29) is 0 Å². The van der Waals surface area contributed by atoms with Crippen molar-refractivity contribution < 1.29 is 4.74 Å². The summed E-state index contributed by atoms with van der Waals surface area (Å²) >= 11 is 1.65. The van der Waals surface area contributed by atoms with Gasteiger partial charge in [-0.1, -0.05) is 0 Å². The molecule has 0 bridgehead atoms. The Balaban J connectivity index is 1.87. The number of hydrogen-bond donors (Lipinski definition) is 2. The van der Waals surface area contributed by atoms with Gasteiger partial charge in [-0.3, -0.25) is 4.68 Å². The zero-order chi connectivity index (χ0) is 12.1. The Labute approximate surface area is 104 Å². The number of thiophene rings is 1. The van der Waals surface area contributed by atoms with Crippen LogP contribution < -0.4 is 11.1 Å². The smallest absolute Gasteiger partial charge is 0.0729 e. The standard InChI is InChI=1S/C11H16N4OS/c1-16-4-3-15-8-9(6-14-15)13-7-11-10(12)2-5-17-11/h2,5-6,8,13H,3-4,7,12H2,1H3. The molecule has 0 aliphatic heterocycles. The summed E-state index contributed by atoms with van der Waals surface area (Å²) in [5.74, 6) is 0. The molecule has 17 heavy (non-hydrogen) atoms. The third-order valence-electron chi connectivity index (χ3n) is 2.39. The summed E-state index contributed by atoms with van der Waals surface area (Å²) in [4.78, 5) is 1.15. The van der Waals surface area contributed by atoms with Crippen LogP contribution in [0.2, 0.25) is 0 Å². The van der Waals surface area contributed by atoms with E-state index in [4.69, 9.17) is 10.5 Å². The molecule has 3 N–H and O–H groups in total. The van der Waals surface area contributed by atoms with Crippen LogP contribution in [0.1, 0.15) is 4.88 Å². The molecule has 0 aromatic carbocycles. The molecule has 2 aromatic rings. The van der Waals surface area contributed by atoms with Gasteiger partial charge in [-0.15, -0.1) is 11.3 Å². The molecule has 0 atom stereocenters. The van der Waals surface area contributed by atoms with Crippen molar-refractivity contribution in [2.45, 2.75) is 13.1 Å². The first kappa shape index (κ1) is 11.9. The van der Waals surface area contributed by atoms with Crippen molar-refractivity contribution in [3.05, 3.63) is 28.7 Å². The van der Waals surface area contributed by atoms with Gasteiger partial charge in [0, 0.05) is 23.9 Å². The highest BCUT2D eigenvalue weighted by Gasteiger charge is 2.02. The van der Waals surface area contributed by atoms with E-state index in [0.29, 0.717) is 6.61 Å². The van der Waals surface area contributed by atoms with Gasteiger partial charge in [-0.05, 0) is 11.4 Å². The van der Waals surface area contributed by atoms with Crippen LogP contribution in [0, 0.1) is 0 Å². The lowest BCUT2D eigenvalue weighted by Gasteiger charge is -2.02. The minimum atomic E-state index is 0.666. The quantitative estimate of drug-likeness (QED) is 0.822. The third-order valence-corrected chi connectivity index (χ3v) is 3.33. The van der Waals surface area contributed by atoms with Gasteiger partial charge in [0.2, 0.25) is 0 Å². The van der Waals surface area contributed by atoms with E-state index in [1.54, 1.807) is 24.6 Å². The van der Waals surface area contributed by atoms with E-state index in [1.807, 2.05) is 22.3 Å². The topological polar surface area (TPSA) is 65.1 Å². The molecule has 0 amide bonds. The molecule has 5 nitrogen and oxygen atoms in total. The van der Waals surface area contributed by atoms with E-state index in [1.165, 1.54) is 0 Å². The number of methoxy groups -OCH3 is 1. The summed E-state index contributed by atoms with van der Waals surface area (Å²) in [6.45, 7) is 2.16. The lowest BCUT2D eigenvalue weighted by atomic mass is 10.4. The molecule has 92 valence electrons. The predicted molar refractivity (Wildman–Crippen MR) is 70.2 cm³/mol. The maximum absolute atomic E-state index is 5.81. The monoisotopic (exact) mass is 252 g/mol. The second-order valence-corrected chi connectivity index (χ2v) is 4.64. The Morgan fingerprint density at radius 2 is 2.47 bits per heavy atom. The average Bonchev–Trinajstić information content (AvgIpc) is 2.93. The van der Waals surface area contributed by atoms with Crippen molar-refractivity contribution in [3.8, 4) is 0 Å². The molecule has 2 heterocycles. The third kappa shape index (κ3) is 3.21. The number of nitrogens with two attached hydrogens (primary N) is 1. The fourth-order valence-corrected chi connectivity index (χ4v) is 2.18. The van der Waals surface area contributed by atoms with Crippen LogP contribution in [0.25, 0.3) is 0 Å². The zero-order valence-electron chi connectivity index (χ0n) is 9.72. The van der Waals surface area contributed by atoms with Crippen molar-refractivity contribution >= 4 is 22.7 Å². The highest BCUT2D eigenvalue weighted by atomic mass is 32.1. The molecule has 0 unspecified atom stereocenters. The van der Waals surface area contributed by atoms with Gasteiger partial charge in [0.25, 0.3) is 0 Å². The summed E-state index contributed by atoms with van der Waals surface area (Å²) in [7, 11) is 1.68. The zero-order valence-corrected chi connectivity index (χ0v) is 10.5. The minimum absolute atomic E-state index is 0.666. The number of rotatable bonds is 6. The first-order chi connectivity index (χ1) is 8.29. The van der Waals surface area contributed by atoms with Crippen LogP contribution in [0.5, 0.6) is 0 Å². The van der Waals surface area contributed by atoms with Crippen LogP contribution in [0.4, 0.5) is 11.4 Å². The van der Waals surface area contributed by atoms with Crippen LogP contribution in [0.3, 0.4) is 0 Å². The number of nitrogens with one attached hydrogen (secondary N) is 1. The average molecular weight is 252 g/mol. The maximum atomic E-state index is 5.81. The molecule has 0 radical (unpaired) electrons. The van der Waals surface area contributed by atoms with Crippen LogP contribution >= 0.6 is 11.3 Å². The minimum Gasteiger partial charge on any atom is -0.398 e. The first-order valence-corrected chi connectivity index (χ1v) is 6.24. The molecule has 0 saturated carbocycles. The van der Waals surface area contributed by atoms with Crippen LogP contribution in [-0.2, 0) is 17.8 Å². The molecular weight excluding hydrogens is 236 g/mol. The summed E-state index contributed by atoms with van der Waals surface area (Å²) < 4.78 is 6.84. The molecular formula is C11H16N4OS. The molecule has 0 saturated heterocycles. The SMILES string of the molecule is COCCn1cc(NCc2sccc2N)cn1. The van der Waals surface area contributed by atoms with Gasteiger partial charge in [-0.2, -0.15) is 5.10 Å². The molecule has 6 heteroatoms. The second kappa shape index (κ2) is 5.70. The van der Waals surface area contributed by atoms with Gasteiger partial charge < -0.3 is 15.8 Å². The molecule has 0 fully saturated rings. The number of aromatic nitrogens is 2. The van der Waals surface area contributed by atoms with Gasteiger partial charge in [-0.25, -0.2) is 0 Å². The number of nitrogen functional groups attached to an aromatic ring is 1. The van der Waals surface area contributed by atoms with Crippen LogP contribution in [0.15, 0.2) is 23.8 Å². The summed E-state index contributed by atoms with van der Waals surface area (Å²) in [5, 5.41) is 9.51. The Kier molecular flexibility index (Phi) is 4.00. The normalized spacial score (nSPS) is 10.6. The summed E-state index contributed by atoms with van der Waals surface area (Å²) in [6.07, 6.45) is 3.77. The van der Waals surface area contributed by atoms with Crippen molar-refractivity contribution in [3.63, 3.8) is 0 Å². The number of ether oxygens (including phenoxy) is 1. The van der Waals surface area contributed by atoms with Crippen molar-refractivity contribution in [1.82, 2.24) is 9.78 Å². The molecule has 0 spiro atoms. The van der Waals surface area contributed by atoms with Gasteiger partial charge >= 0.3 is 0 Å². The summed E-state index contributed by atoms with van der Waals surface area (Å²) in [6, 6.07) is 1.92. The van der Waals surface area contributed by atoms with E-state index in [2.05, 4.69) is 10.4 Å². The summed E-state index contributed by atoms with van der Waals surface area (Å²) in [5.41, 5.74) is 7.64. The second-order valence-electron chi connectivity index (χ2n) is 3.64. The van der Waals surface area contributed by atoms with E-state index < -0.39 is 0 Å². The van der Waals surface area contributed by atoms with E-state index in [0.717, 1.165) is 29.3 Å². The highest BCUT2D eigenvalue weighted by molar-refractivity contribution is 7.10.